The van der Waals surface area contributed by atoms with Crippen LogP contribution in [0.1, 0.15) is 31.1 Å². The molecule has 1 aromatic heterocycles. The molecule has 0 N–H and O–H groups in total. The molecule has 176 valence electrons. The Hall–Kier alpha value is -2.34. The molecule has 0 bridgehead atoms. The molecule has 0 aliphatic heterocycles. The molecule has 3 nitrogen and oxygen atoms in total. The highest BCUT2D eigenvalue weighted by atomic mass is 79.9. The van der Waals surface area contributed by atoms with Crippen LogP contribution in [0.5, 0.6) is 17.2 Å². The Morgan fingerprint density at radius 1 is 0.824 bits per heavy atom. The van der Waals surface area contributed by atoms with Gasteiger partial charge in [0.2, 0.25) is 0 Å². The average molecular weight is 557 g/mol. The zero-order chi connectivity index (χ0) is 23.8. The van der Waals surface area contributed by atoms with Gasteiger partial charge in [-0.25, -0.2) is 4.98 Å². The molecular weight excluding hydrogens is 530 g/mol. The molecular formula is C28H27BrClNO2S. The van der Waals surface area contributed by atoms with Crippen molar-refractivity contribution in [3.63, 3.8) is 0 Å². The predicted octanol–water partition coefficient (Wildman–Crippen LogP) is 9.43. The van der Waals surface area contributed by atoms with E-state index in [0.29, 0.717) is 11.6 Å². The Bertz CT molecular complexity index is 1170. The Kier molecular flexibility index (Phi) is 9.03. The third-order valence-electron chi connectivity index (χ3n) is 5.28. The van der Waals surface area contributed by atoms with Crippen LogP contribution in [0, 0.1) is 0 Å². The van der Waals surface area contributed by atoms with Crippen LogP contribution in [-0.4, -0.2) is 16.9 Å². The fourth-order valence-electron chi connectivity index (χ4n) is 3.47. The summed E-state index contributed by atoms with van der Waals surface area (Å²) in [6.45, 7) is 2.93. The van der Waals surface area contributed by atoms with Crippen LogP contribution in [0.2, 0.25) is 5.02 Å². The number of halogens is 2. The van der Waals surface area contributed by atoms with Gasteiger partial charge in [-0.15, -0.1) is 11.3 Å². The van der Waals surface area contributed by atoms with E-state index >= 15 is 0 Å². The lowest BCUT2D eigenvalue weighted by molar-refractivity contribution is 0.319. The number of benzene rings is 3. The van der Waals surface area contributed by atoms with Crippen molar-refractivity contribution in [1.82, 2.24) is 4.98 Å². The van der Waals surface area contributed by atoms with Crippen LogP contribution in [0.15, 0.2) is 72.8 Å². The lowest BCUT2D eigenvalue weighted by Gasteiger charge is -2.07. The minimum atomic E-state index is 0.693. The minimum absolute atomic E-state index is 0.693. The molecule has 34 heavy (non-hydrogen) atoms. The first-order chi connectivity index (χ1) is 16.7. The first-order valence-corrected chi connectivity index (χ1v) is 13.8. The van der Waals surface area contributed by atoms with E-state index in [0.717, 1.165) is 70.1 Å². The van der Waals surface area contributed by atoms with E-state index in [4.69, 9.17) is 26.1 Å². The average Bonchev–Trinajstić information content (AvgIpc) is 3.29. The number of thiazole rings is 1. The molecule has 4 aromatic rings. The van der Waals surface area contributed by atoms with Gasteiger partial charge in [-0.3, -0.25) is 0 Å². The van der Waals surface area contributed by atoms with Crippen LogP contribution < -0.4 is 9.47 Å². The molecule has 3 aromatic carbocycles. The predicted molar refractivity (Wildman–Crippen MR) is 147 cm³/mol. The van der Waals surface area contributed by atoms with E-state index in [2.05, 4.69) is 47.1 Å². The summed E-state index contributed by atoms with van der Waals surface area (Å²) in [6.07, 6.45) is 4.32. The van der Waals surface area contributed by atoms with Gasteiger partial charge in [0.25, 0.3) is 0 Å². The van der Waals surface area contributed by atoms with Gasteiger partial charge in [-0.05, 0) is 92.1 Å². The second kappa shape index (κ2) is 12.4. The highest BCUT2D eigenvalue weighted by Gasteiger charge is 2.15. The van der Waals surface area contributed by atoms with Crippen LogP contribution in [0.3, 0.4) is 0 Å². The zero-order valence-electron chi connectivity index (χ0n) is 19.1. The van der Waals surface area contributed by atoms with Crippen molar-refractivity contribution >= 4 is 38.9 Å². The number of alkyl halides is 1. The lowest BCUT2D eigenvalue weighted by Crippen LogP contribution is -1.97. The summed E-state index contributed by atoms with van der Waals surface area (Å²) in [7, 11) is 0. The normalized spacial score (nSPS) is 10.9. The maximum Gasteiger partial charge on any atom is 0.127 e. The molecule has 1 heterocycles. The SMILES string of the molecule is CCCCc1sc(-c2ccc(OCCCBr)cc2)nc1-c1ccc(Oc2ccc(Cl)cc2)cc1. The van der Waals surface area contributed by atoms with Gasteiger partial charge in [0, 0.05) is 26.4 Å². The molecule has 0 saturated heterocycles. The zero-order valence-corrected chi connectivity index (χ0v) is 22.3. The largest absolute Gasteiger partial charge is 0.494 e. The van der Waals surface area contributed by atoms with Gasteiger partial charge in [0.15, 0.2) is 0 Å². The number of nitrogens with zero attached hydrogens (tertiary/aromatic N) is 1. The van der Waals surface area contributed by atoms with Gasteiger partial charge < -0.3 is 9.47 Å². The quantitative estimate of drug-likeness (QED) is 0.136. The first-order valence-electron chi connectivity index (χ1n) is 11.5. The molecule has 0 unspecified atom stereocenters. The van der Waals surface area contributed by atoms with E-state index in [1.807, 2.05) is 48.5 Å². The minimum Gasteiger partial charge on any atom is -0.494 e. The number of ether oxygens (including phenoxy) is 2. The monoisotopic (exact) mass is 555 g/mol. The van der Waals surface area contributed by atoms with E-state index in [-0.39, 0.29) is 0 Å². The number of rotatable bonds is 11. The maximum atomic E-state index is 5.96. The van der Waals surface area contributed by atoms with Crippen molar-refractivity contribution in [3.05, 3.63) is 82.7 Å². The summed E-state index contributed by atoms with van der Waals surface area (Å²) in [5.41, 5.74) is 3.28. The summed E-state index contributed by atoms with van der Waals surface area (Å²) < 4.78 is 11.7. The fraction of sp³-hybridized carbons (Fsp3) is 0.250. The number of hydrogen-bond donors (Lipinski definition) is 0. The van der Waals surface area contributed by atoms with E-state index in [9.17, 15) is 0 Å². The van der Waals surface area contributed by atoms with Crippen molar-refractivity contribution in [2.75, 3.05) is 11.9 Å². The summed E-state index contributed by atoms with van der Waals surface area (Å²) >= 11 is 11.2. The second-order valence-corrected chi connectivity index (χ2v) is 10.2. The Labute approximate surface area is 218 Å². The van der Waals surface area contributed by atoms with E-state index in [1.165, 1.54) is 4.88 Å². The highest BCUT2D eigenvalue weighted by molar-refractivity contribution is 9.09. The van der Waals surface area contributed by atoms with E-state index in [1.54, 1.807) is 11.3 Å². The summed E-state index contributed by atoms with van der Waals surface area (Å²) in [6, 6.07) is 23.8. The molecule has 0 aliphatic carbocycles. The third-order valence-corrected chi connectivity index (χ3v) is 7.26. The molecule has 6 heteroatoms. The Balaban J connectivity index is 1.54. The standard InChI is InChI=1S/C28H27BrClNO2S/c1-2-3-5-26-27(20-6-14-24(15-7-20)33-25-16-10-22(30)11-17-25)31-28(34-26)21-8-12-23(13-9-21)32-19-4-18-29/h6-17H,2-5,18-19H2,1H3. The van der Waals surface area contributed by atoms with Crippen molar-refractivity contribution in [3.8, 4) is 39.1 Å². The summed E-state index contributed by atoms with van der Waals surface area (Å²) in [4.78, 5) is 6.37. The number of aryl methyl sites for hydroxylation is 1. The molecule has 4 rings (SSSR count). The van der Waals surface area contributed by atoms with Gasteiger partial charge in [0.1, 0.15) is 22.3 Å². The van der Waals surface area contributed by atoms with Crippen LogP contribution in [-0.2, 0) is 6.42 Å². The third kappa shape index (κ3) is 6.62. The van der Waals surface area contributed by atoms with Gasteiger partial charge in [-0.2, -0.15) is 0 Å². The number of aromatic nitrogens is 1. The molecule has 0 saturated carbocycles. The molecule has 0 atom stereocenters. The number of unbranched alkanes of at least 4 members (excludes halogenated alkanes) is 1. The molecule has 0 amide bonds. The van der Waals surface area contributed by atoms with Crippen molar-refractivity contribution < 1.29 is 9.47 Å². The van der Waals surface area contributed by atoms with Crippen molar-refractivity contribution in [2.45, 2.75) is 32.6 Å². The Morgan fingerprint density at radius 2 is 1.44 bits per heavy atom. The summed E-state index contributed by atoms with van der Waals surface area (Å²) in [5.74, 6) is 2.44. The first kappa shape index (κ1) is 24.8. The van der Waals surface area contributed by atoms with Crippen molar-refractivity contribution in [1.29, 1.82) is 0 Å². The topological polar surface area (TPSA) is 31.4 Å². The number of hydrogen-bond acceptors (Lipinski definition) is 4. The summed E-state index contributed by atoms with van der Waals surface area (Å²) in [5, 5.41) is 2.68. The van der Waals surface area contributed by atoms with Crippen LogP contribution >= 0.6 is 38.9 Å². The Morgan fingerprint density at radius 3 is 2.09 bits per heavy atom. The van der Waals surface area contributed by atoms with Crippen LogP contribution in [0.25, 0.3) is 21.8 Å². The van der Waals surface area contributed by atoms with Gasteiger partial charge in [-0.1, -0.05) is 40.9 Å². The smallest absolute Gasteiger partial charge is 0.127 e. The lowest BCUT2D eigenvalue weighted by atomic mass is 10.1. The van der Waals surface area contributed by atoms with Gasteiger partial charge in [0.05, 0.1) is 12.3 Å². The second-order valence-electron chi connectivity index (χ2n) is 7.89. The maximum absolute atomic E-state index is 5.96. The van der Waals surface area contributed by atoms with Crippen LogP contribution in [0.4, 0.5) is 0 Å². The fourth-order valence-corrected chi connectivity index (χ4v) is 4.95. The molecule has 0 aliphatic rings. The van der Waals surface area contributed by atoms with Crippen molar-refractivity contribution in [2.24, 2.45) is 0 Å². The molecule has 0 radical (unpaired) electrons. The molecule has 0 spiro atoms. The van der Waals surface area contributed by atoms with Gasteiger partial charge >= 0.3 is 0 Å². The molecule has 0 fully saturated rings. The highest BCUT2D eigenvalue weighted by Crippen LogP contribution is 2.36. The van der Waals surface area contributed by atoms with E-state index < -0.39 is 0 Å².